The van der Waals surface area contributed by atoms with Gasteiger partial charge in [-0.1, -0.05) is 6.42 Å². The summed E-state index contributed by atoms with van der Waals surface area (Å²) in [5.41, 5.74) is 4.90. The van der Waals surface area contributed by atoms with Gasteiger partial charge < -0.3 is 20.3 Å². The van der Waals surface area contributed by atoms with Crippen LogP contribution < -0.4 is 5.73 Å². The first-order valence-electron chi connectivity index (χ1n) is 5.84. The molecule has 0 aromatic carbocycles. The van der Waals surface area contributed by atoms with E-state index in [-0.39, 0.29) is 12.0 Å². The monoisotopic (exact) mass is 229 g/mol. The van der Waals surface area contributed by atoms with Gasteiger partial charge in [-0.15, -0.1) is 0 Å². The number of carbonyl (C=O) groups is 1. The quantitative estimate of drug-likeness (QED) is 0.712. The molecule has 1 saturated carbocycles. The average molecular weight is 229 g/mol. The molecule has 2 unspecified atom stereocenters. The molecule has 0 radical (unpaired) electrons. The van der Waals surface area contributed by atoms with Gasteiger partial charge in [0.2, 0.25) is 0 Å². The molecule has 1 aliphatic carbocycles. The maximum atomic E-state index is 11.1. The predicted octanol–water partition coefficient (Wildman–Crippen LogP) is 0.374. The second-order valence-corrected chi connectivity index (χ2v) is 4.75. The summed E-state index contributed by atoms with van der Waals surface area (Å²) in [7, 11) is 0. The molecule has 0 spiro atoms. The number of ether oxygens (including phenoxy) is 2. The van der Waals surface area contributed by atoms with Gasteiger partial charge in [0, 0.05) is 6.61 Å². The summed E-state index contributed by atoms with van der Waals surface area (Å²) in [6.45, 7) is 1.92. The van der Waals surface area contributed by atoms with Crippen LogP contribution in [-0.2, 0) is 14.3 Å². The molecule has 1 saturated heterocycles. The second kappa shape index (κ2) is 4.69. The Hall–Kier alpha value is -0.650. The first-order chi connectivity index (χ1) is 7.63. The second-order valence-electron chi connectivity index (χ2n) is 4.75. The molecule has 0 aromatic rings. The van der Waals surface area contributed by atoms with Crippen molar-refractivity contribution < 1.29 is 19.4 Å². The Morgan fingerprint density at radius 3 is 2.88 bits per heavy atom. The van der Waals surface area contributed by atoms with Gasteiger partial charge in [-0.05, 0) is 25.2 Å². The smallest absolute Gasteiger partial charge is 0.323 e. The zero-order chi connectivity index (χ0) is 11.6. The lowest BCUT2D eigenvalue weighted by atomic mass is 9.86. The Kier molecular flexibility index (Phi) is 3.47. The number of carboxylic acids is 1. The minimum absolute atomic E-state index is 0.0472. The highest BCUT2D eigenvalue weighted by molar-refractivity contribution is 5.79. The van der Waals surface area contributed by atoms with E-state index in [9.17, 15) is 4.79 Å². The van der Waals surface area contributed by atoms with E-state index in [1.807, 2.05) is 0 Å². The lowest BCUT2D eigenvalue weighted by molar-refractivity contribution is -0.146. The van der Waals surface area contributed by atoms with Gasteiger partial charge in [0.05, 0.1) is 13.2 Å². The molecule has 0 aromatic heterocycles. The number of aliphatic carboxylic acids is 1. The fraction of sp³-hybridized carbons (Fsp3) is 0.909. The van der Waals surface area contributed by atoms with Gasteiger partial charge in [0.15, 0.2) is 0 Å². The SMILES string of the molecule is NC1(C(=O)O)CCCC1CCOC1COC1. The maximum Gasteiger partial charge on any atom is 0.323 e. The number of nitrogens with two attached hydrogens (primary N) is 1. The van der Waals surface area contributed by atoms with Crippen molar-refractivity contribution in [1.82, 2.24) is 0 Å². The van der Waals surface area contributed by atoms with Crippen LogP contribution in [0, 0.1) is 5.92 Å². The Labute approximate surface area is 94.9 Å². The van der Waals surface area contributed by atoms with Crippen molar-refractivity contribution in [1.29, 1.82) is 0 Å². The third-order valence-electron chi connectivity index (χ3n) is 3.70. The van der Waals surface area contributed by atoms with E-state index in [1.54, 1.807) is 0 Å². The standard InChI is InChI=1S/C11H19NO4/c12-11(10(13)14)4-1-2-8(11)3-5-16-9-6-15-7-9/h8-9H,1-7,12H2,(H,13,14). The Bertz CT molecular complexity index is 267. The van der Waals surface area contributed by atoms with Crippen LogP contribution in [0.4, 0.5) is 0 Å². The first kappa shape index (κ1) is 11.8. The fourth-order valence-corrected chi connectivity index (χ4v) is 2.47. The van der Waals surface area contributed by atoms with Gasteiger partial charge in [-0.2, -0.15) is 0 Å². The zero-order valence-electron chi connectivity index (χ0n) is 9.35. The molecular formula is C11H19NO4. The molecule has 2 atom stereocenters. The molecule has 2 fully saturated rings. The lowest BCUT2D eigenvalue weighted by Gasteiger charge is -2.29. The van der Waals surface area contributed by atoms with Crippen LogP contribution in [0.3, 0.4) is 0 Å². The van der Waals surface area contributed by atoms with Crippen molar-refractivity contribution in [3.8, 4) is 0 Å². The summed E-state index contributed by atoms with van der Waals surface area (Å²) in [5.74, 6) is -0.826. The van der Waals surface area contributed by atoms with Crippen molar-refractivity contribution >= 4 is 5.97 Å². The van der Waals surface area contributed by atoms with Crippen molar-refractivity contribution in [3.63, 3.8) is 0 Å². The molecule has 0 bridgehead atoms. The van der Waals surface area contributed by atoms with Crippen LogP contribution in [0.25, 0.3) is 0 Å². The summed E-state index contributed by atoms with van der Waals surface area (Å²) in [6, 6.07) is 0. The average Bonchev–Trinajstić information content (AvgIpc) is 2.53. The Balaban J connectivity index is 1.76. The van der Waals surface area contributed by atoms with Crippen LogP contribution in [0.5, 0.6) is 0 Å². The van der Waals surface area contributed by atoms with Crippen LogP contribution >= 0.6 is 0 Å². The van der Waals surface area contributed by atoms with E-state index in [2.05, 4.69) is 0 Å². The number of hydrogen-bond donors (Lipinski definition) is 2. The Morgan fingerprint density at radius 1 is 1.56 bits per heavy atom. The summed E-state index contributed by atoms with van der Waals surface area (Å²) in [6.07, 6.45) is 3.32. The maximum absolute atomic E-state index is 11.1. The highest BCUT2D eigenvalue weighted by Crippen LogP contribution is 2.36. The fourth-order valence-electron chi connectivity index (χ4n) is 2.47. The van der Waals surface area contributed by atoms with E-state index >= 15 is 0 Å². The molecule has 3 N–H and O–H groups in total. The Morgan fingerprint density at radius 2 is 2.31 bits per heavy atom. The highest BCUT2D eigenvalue weighted by Gasteiger charge is 2.45. The van der Waals surface area contributed by atoms with Crippen LogP contribution in [-0.4, -0.2) is 42.5 Å². The van der Waals surface area contributed by atoms with Gasteiger partial charge in [-0.3, -0.25) is 4.79 Å². The third kappa shape index (κ3) is 2.21. The van der Waals surface area contributed by atoms with Gasteiger partial charge in [-0.25, -0.2) is 0 Å². The van der Waals surface area contributed by atoms with E-state index in [0.29, 0.717) is 26.2 Å². The van der Waals surface area contributed by atoms with Crippen LogP contribution in [0.1, 0.15) is 25.7 Å². The third-order valence-corrected chi connectivity index (χ3v) is 3.70. The van der Waals surface area contributed by atoms with Crippen molar-refractivity contribution in [3.05, 3.63) is 0 Å². The van der Waals surface area contributed by atoms with E-state index in [4.69, 9.17) is 20.3 Å². The summed E-state index contributed by atoms with van der Waals surface area (Å²) in [4.78, 5) is 11.1. The van der Waals surface area contributed by atoms with Gasteiger partial charge in [0.25, 0.3) is 0 Å². The van der Waals surface area contributed by atoms with Crippen molar-refractivity contribution in [2.45, 2.75) is 37.3 Å². The molecule has 16 heavy (non-hydrogen) atoms. The topological polar surface area (TPSA) is 81.8 Å². The largest absolute Gasteiger partial charge is 0.480 e. The molecule has 1 heterocycles. The van der Waals surface area contributed by atoms with E-state index in [1.165, 1.54) is 0 Å². The molecule has 2 rings (SSSR count). The molecule has 0 amide bonds. The number of carboxylic acid groups (broad SMARTS) is 1. The predicted molar refractivity (Wildman–Crippen MR) is 57.1 cm³/mol. The normalized spacial score (nSPS) is 34.9. The minimum atomic E-state index is -1.03. The molecule has 5 nitrogen and oxygen atoms in total. The zero-order valence-corrected chi connectivity index (χ0v) is 9.35. The number of rotatable bonds is 5. The van der Waals surface area contributed by atoms with Crippen molar-refractivity contribution in [2.24, 2.45) is 11.7 Å². The minimum Gasteiger partial charge on any atom is -0.480 e. The van der Waals surface area contributed by atoms with Crippen LogP contribution in [0.15, 0.2) is 0 Å². The first-order valence-corrected chi connectivity index (χ1v) is 5.84. The van der Waals surface area contributed by atoms with Gasteiger partial charge >= 0.3 is 5.97 Å². The van der Waals surface area contributed by atoms with Crippen molar-refractivity contribution in [2.75, 3.05) is 19.8 Å². The van der Waals surface area contributed by atoms with Gasteiger partial charge in [0.1, 0.15) is 11.6 Å². The highest BCUT2D eigenvalue weighted by atomic mass is 16.6. The summed E-state index contributed by atoms with van der Waals surface area (Å²) >= 11 is 0. The molecule has 1 aliphatic heterocycles. The van der Waals surface area contributed by atoms with E-state index < -0.39 is 11.5 Å². The molecule has 2 aliphatic rings. The summed E-state index contributed by atoms with van der Waals surface area (Å²) in [5, 5.41) is 9.12. The van der Waals surface area contributed by atoms with E-state index in [0.717, 1.165) is 19.3 Å². The molecule has 92 valence electrons. The molecular weight excluding hydrogens is 210 g/mol. The number of hydrogen-bond acceptors (Lipinski definition) is 4. The summed E-state index contributed by atoms with van der Waals surface area (Å²) < 4.78 is 10.5. The van der Waals surface area contributed by atoms with Crippen LogP contribution in [0.2, 0.25) is 0 Å². The molecule has 5 heteroatoms. The lowest BCUT2D eigenvalue weighted by Crippen LogP contribution is -2.51.